The highest BCUT2D eigenvalue weighted by atomic mass is 15.0. The van der Waals surface area contributed by atoms with E-state index in [1.165, 1.54) is 6.34 Å². The second kappa shape index (κ2) is 3.55. The first-order valence-electron chi connectivity index (χ1n) is 3.10. The molecule has 0 spiro atoms. The molecular weight excluding hydrogens is 140 g/mol. The van der Waals surface area contributed by atoms with Crippen LogP contribution in [0.15, 0.2) is 22.4 Å². The molecule has 0 N–H and O–H groups in total. The van der Waals surface area contributed by atoms with E-state index in [2.05, 4.69) is 26.7 Å². The molecule has 0 bridgehead atoms. The lowest BCUT2D eigenvalue weighted by Gasteiger charge is -1.93. The molecule has 0 amide bonds. The molecule has 0 unspecified atom stereocenters. The highest BCUT2D eigenvalue weighted by Gasteiger charge is 1.93. The van der Waals surface area contributed by atoms with Crippen molar-refractivity contribution in [3.05, 3.63) is 18.1 Å². The van der Waals surface area contributed by atoms with Crippen molar-refractivity contribution < 1.29 is 0 Å². The number of aromatic nitrogens is 2. The average molecular weight is 148 g/mol. The average Bonchev–Trinajstić information content (AvgIpc) is 2.03. The fourth-order valence-electron chi connectivity index (χ4n) is 0.622. The van der Waals surface area contributed by atoms with E-state index in [4.69, 9.17) is 0 Å². The number of aliphatic imine (C=N–C) groups is 2. The van der Waals surface area contributed by atoms with Crippen LogP contribution in [0.4, 0.5) is 5.82 Å². The predicted molar refractivity (Wildman–Crippen MR) is 44.5 cm³/mol. The Bertz CT molecular complexity index is 280. The molecule has 0 saturated carbocycles. The first kappa shape index (κ1) is 7.53. The summed E-state index contributed by atoms with van der Waals surface area (Å²) in [4.78, 5) is 15.3. The van der Waals surface area contributed by atoms with E-state index in [0.717, 1.165) is 5.69 Å². The second-order valence-electron chi connectivity index (χ2n) is 1.89. The molecule has 0 aromatic carbocycles. The van der Waals surface area contributed by atoms with Crippen LogP contribution in [0.25, 0.3) is 0 Å². The minimum atomic E-state index is 0.583. The summed E-state index contributed by atoms with van der Waals surface area (Å²) in [6.07, 6.45) is 4.55. The van der Waals surface area contributed by atoms with E-state index < -0.39 is 0 Å². The van der Waals surface area contributed by atoms with Crippen LogP contribution >= 0.6 is 0 Å². The van der Waals surface area contributed by atoms with Crippen molar-refractivity contribution >= 4 is 18.9 Å². The summed E-state index contributed by atoms with van der Waals surface area (Å²) < 4.78 is 0. The van der Waals surface area contributed by atoms with Crippen LogP contribution in [0, 0.1) is 6.92 Å². The summed E-state index contributed by atoms with van der Waals surface area (Å²) in [5, 5.41) is 0. The molecule has 1 rings (SSSR count). The van der Waals surface area contributed by atoms with Crippen molar-refractivity contribution in [1.82, 2.24) is 9.97 Å². The molecule has 1 heterocycles. The van der Waals surface area contributed by atoms with Gasteiger partial charge in [0.25, 0.3) is 0 Å². The minimum Gasteiger partial charge on any atom is -0.256 e. The molecular formula is C7H8N4. The van der Waals surface area contributed by atoms with Gasteiger partial charge < -0.3 is 0 Å². The van der Waals surface area contributed by atoms with E-state index in [9.17, 15) is 0 Å². The SMILES string of the molecule is C=N/C=N\c1nccnc1C. The number of nitrogens with zero attached hydrogens (tertiary/aromatic N) is 4. The lowest BCUT2D eigenvalue weighted by Crippen LogP contribution is -1.83. The summed E-state index contributed by atoms with van der Waals surface area (Å²) in [7, 11) is 0. The molecule has 4 nitrogen and oxygen atoms in total. The van der Waals surface area contributed by atoms with E-state index in [1.807, 2.05) is 6.92 Å². The third kappa shape index (κ3) is 1.93. The smallest absolute Gasteiger partial charge is 0.175 e. The Balaban J connectivity index is 2.94. The maximum Gasteiger partial charge on any atom is 0.175 e. The van der Waals surface area contributed by atoms with Crippen LogP contribution in [-0.2, 0) is 0 Å². The molecule has 11 heavy (non-hydrogen) atoms. The first-order valence-corrected chi connectivity index (χ1v) is 3.10. The van der Waals surface area contributed by atoms with Gasteiger partial charge in [-0.15, -0.1) is 0 Å². The Kier molecular flexibility index (Phi) is 2.43. The zero-order chi connectivity index (χ0) is 8.10. The molecule has 0 atom stereocenters. The zero-order valence-electron chi connectivity index (χ0n) is 6.23. The Hall–Kier alpha value is -1.58. The maximum atomic E-state index is 3.99. The first-order chi connectivity index (χ1) is 5.34. The van der Waals surface area contributed by atoms with Crippen LogP contribution in [0.5, 0.6) is 0 Å². The lowest BCUT2D eigenvalue weighted by molar-refractivity contribution is 1.10. The van der Waals surface area contributed by atoms with Gasteiger partial charge in [-0.05, 0) is 13.6 Å². The molecule has 1 aromatic heterocycles. The highest BCUT2D eigenvalue weighted by Crippen LogP contribution is 2.08. The molecule has 0 saturated heterocycles. The second-order valence-corrected chi connectivity index (χ2v) is 1.89. The molecule has 0 fully saturated rings. The van der Waals surface area contributed by atoms with Gasteiger partial charge in [-0.1, -0.05) is 0 Å². The van der Waals surface area contributed by atoms with Crippen LogP contribution in [0.3, 0.4) is 0 Å². The van der Waals surface area contributed by atoms with Gasteiger partial charge in [-0.25, -0.2) is 9.98 Å². The Labute approximate surface area is 64.8 Å². The minimum absolute atomic E-state index is 0.583. The van der Waals surface area contributed by atoms with Gasteiger partial charge in [0, 0.05) is 12.4 Å². The highest BCUT2D eigenvalue weighted by molar-refractivity contribution is 5.65. The quantitative estimate of drug-likeness (QED) is 0.466. The largest absolute Gasteiger partial charge is 0.256 e. The van der Waals surface area contributed by atoms with Crippen LogP contribution in [0.2, 0.25) is 0 Å². The van der Waals surface area contributed by atoms with Gasteiger partial charge in [-0.2, -0.15) is 0 Å². The monoisotopic (exact) mass is 148 g/mol. The Morgan fingerprint density at radius 2 is 2.18 bits per heavy atom. The maximum absolute atomic E-state index is 3.99. The summed E-state index contributed by atoms with van der Waals surface area (Å²) in [5.41, 5.74) is 0.785. The van der Waals surface area contributed by atoms with Gasteiger partial charge in [0.1, 0.15) is 6.34 Å². The van der Waals surface area contributed by atoms with E-state index >= 15 is 0 Å². The van der Waals surface area contributed by atoms with Gasteiger partial charge in [-0.3, -0.25) is 9.98 Å². The van der Waals surface area contributed by atoms with Crippen molar-refractivity contribution in [2.75, 3.05) is 0 Å². The summed E-state index contributed by atoms with van der Waals surface area (Å²) in [6, 6.07) is 0. The van der Waals surface area contributed by atoms with Crippen LogP contribution in [0.1, 0.15) is 5.69 Å². The van der Waals surface area contributed by atoms with Crippen molar-refractivity contribution in [3.63, 3.8) is 0 Å². The third-order valence-electron chi connectivity index (χ3n) is 1.12. The number of rotatable bonds is 2. The van der Waals surface area contributed by atoms with Gasteiger partial charge in [0.05, 0.1) is 5.69 Å². The molecule has 0 aliphatic heterocycles. The molecule has 4 heteroatoms. The fourth-order valence-corrected chi connectivity index (χ4v) is 0.622. The fraction of sp³-hybridized carbons (Fsp3) is 0.143. The van der Waals surface area contributed by atoms with Crippen molar-refractivity contribution in [2.24, 2.45) is 9.98 Å². The van der Waals surface area contributed by atoms with Gasteiger partial charge >= 0.3 is 0 Å². The third-order valence-corrected chi connectivity index (χ3v) is 1.12. The molecule has 1 aromatic rings. The van der Waals surface area contributed by atoms with E-state index in [0.29, 0.717) is 5.82 Å². The van der Waals surface area contributed by atoms with E-state index in [1.54, 1.807) is 12.4 Å². The molecule has 56 valence electrons. The number of hydrogen-bond acceptors (Lipinski definition) is 3. The van der Waals surface area contributed by atoms with Crippen molar-refractivity contribution in [1.29, 1.82) is 0 Å². The van der Waals surface area contributed by atoms with Crippen LogP contribution < -0.4 is 0 Å². The zero-order valence-corrected chi connectivity index (χ0v) is 6.23. The summed E-state index contributed by atoms with van der Waals surface area (Å²) >= 11 is 0. The molecule has 0 aliphatic rings. The number of hydrogen-bond donors (Lipinski definition) is 0. The Morgan fingerprint density at radius 3 is 2.82 bits per heavy atom. The molecule has 0 radical (unpaired) electrons. The normalized spacial score (nSPS) is 10.3. The summed E-state index contributed by atoms with van der Waals surface area (Å²) in [6.45, 7) is 5.09. The van der Waals surface area contributed by atoms with Gasteiger partial charge in [0.15, 0.2) is 5.82 Å². The topological polar surface area (TPSA) is 50.5 Å². The predicted octanol–water partition coefficient (Wildman–Crippen LogP) is 1.15. The Morgan fingerprint density at radius 1 is 1.45 bits per heavy atom. The van der Waals surface area contributed by atoms with E-state index in [-0.39, 0.29) is 0 Å². The summed E-state index contributed by atoms with van der Waals surface area (Å²) in [5.74, 6) is 0.583. The van der Waals surface area contributed by atoms with Crippen LogP contribution in [-0.4, -0.2) is 23.0 Å². The van der Waals surface area contributed by atoms with Crippen molar-refractivity contribution in [2.45, 2.75) is 6.92 Å². The van der Waals surface area contributed by atoms with Crippen molar-refractivity contribution in [3.8, 4) is 0 Å². The number of aryl methyl sites for hydroxylation is 1. The standard InChI is InChI=1S/C7H8N4/c1-6-7(11-5-8-2)10-4-3-9-6/h3-5H,2H2,1H3/b11-5-. The van der Waals surface area contributed by atoms with Gasteiger partial charge in [0.2, 0.25) is 0 Å². The molecule has 0 aliphatic carbocycles. The lowest BCUT2D eigenvalue weighted by atomic mass is 10.5.